The molecule has 1 aromatic heterocycles. The van der Waals surface area contributed by atoms with E-state index in [1.807, 2.05) is 0 Å². The van der Waals surface area contributed by atoms with Gasteiger partial charge >= 0.3 is 300 Å². The molecular formula is C49H36N2Se. The van der Waals surface area contributed by atoms with Gasteiger partial charge < -0.3 is 0 Å². The summed E-state index contributed by atoms with van der Waals surface area (Å²) in [6, 6.07) is 66.8. The number of benzene rings is 8. The quantitative estimate of drug-likeness (QED) is 0.157. The number of nitrogens with zero attached hydrogens (tertiary/aromatic N) is 2. The van der Waals surface area contributed by atoms with Crippen molar-refractivity contribution >= 4 is 78.7 Å². The zero-order valence-electron chi connectivity index (χ0n) is 29.1. The predicted molar refractivity (Wildman–Crippen MR) is 223 cm³/mol. The van der Waals surface area contributed by atoms with Crippen molar-refractivity contribution < 1.29 is 0 Å². The molecule has 0 amide bonds. The monoisotopic (exact) mass is 732 g/mol. The van der Waals surface area contributed by atoms with Gasteiger partial charge in [0, 0.05) is 0 Å². The van der Waals surface area contributed by atoms with E-state index in [4.69, 9.17) is 0 Å². The molecule has 0 N–H and O–H groups in total. The van der Waals surface area contributed by atoms with Crippen LogP contribution in [0.5, 0.6) is 0 Å². The van der Waals surface area contributed by atoms with Crippen molar-refractivity contribution in [3.63, 3.8) is 0 Å². The number of para-hydroxylation sites is 3. The summed E-state index contributed by atoms with van der Waals surface area (Å²) in [5.74, 6) is 0. The summed E-state index contributed by atoms with van der Waals surface area (Å²) in [5.41, 5.74) is 12.4. The zero-order chi connectivity index (χ0) is 34.8. The molecule has 0 spiro atoms. The second kappa shape index (κ2) is 12.1. The minimum atomic E-state index is -0.0651. The van der Waals surface area contributed by atoms with Crippen molar-refractivity contribution in [2.75, 3.05) is 9.80 Å². The molecule has 0 fully saturated rings. The van der Waals surface area contributed by atoms with Gasteiger partial charge in [-0.25, -0.2) is 0 Å². The molecule has 1 heterocycles. The molecule has 0 saturated heterocycles. The summed E-state index contributed by atoms with van der Waals surface area (Å²) in [7, 11) is 0. The van der Waals surface area contributed by atoms with Crippen LogP contribution in [0, 0.1) is 0 Å². The molecule has 9 aromatic rings. The van der Waals surface area contributed by atoms with E-state index in [9.17, 15) is 0 Å². The molecular weight excluding hydrogens is 696 g/mol. The molecule has 10 rings (SSSR count). The Balaban J connectivity index is 1.09. The molecule has 0 unspecified atom stereocenters. The third kappa shape index (κ3) is 4.93. The van der Waals surface area contributed by atoms with E-state index in [1.54, 1.807) is 0 Å². The Morgan fingerprint density at radius 2 is 0.885 bits per heavy atom. The normalized spacial score (nSPS) is 13.0. The fraction of sp³-hybridized carbons (Fsp3) is 0.0612. The van der Waals surface area contributed by atoms with E-state index >= 15 is 0 Å². The molecule has 248 valence electrons. The van der Waals surface area contributed by atoms with Crippen LogP contribution in [0.1, 0.15) is 25.0 Å². The van der Waals surface area contributed by atoms with Gasteiger partial charge in [0.1, 0.15) is 0 Å². The maximum atomic E-state index is 2.42. The molecule has 0 saturated carbocycles. The average molecular weight is 732 g/mol. The van der Waals surface area contributed by atoms with Crippen LogP contribution in [0.25, 0.3) is 41.2 Å². The number of hydrogen-bond donors (Lipinski definition) is 0. The first-order valence-electron chi connectivity index (χ1n) is 17.9. The van der Waals surface area contributed by atoms with E-state index in [2.05, 4.69) is 206 Å². The molecule has 52 heavy (non-hydrogen) atoms. The number of rotatable bonds is 6. The van der Waals surface area contributed by atoms with Gasteiger partial charge in [0.2, 0.25) is 0 Å². The fourth-order valence-electron chi connectivity index (χ4n) is 8.27. The third-order valence-electron chi connectivity index (χ3n) is 10.8. The average Bonchev–Trinajstić information content (AvgIpc) is 3.68. The van der Waals surface area contributed by atoms with Crippen molar-refractivity contribution in [2.45, 2.75) is 19.3 Å². The molecule has 0 radical (unpaired) electrons. The van der Waals surface area contributed by atoms with E-state index in [0.29, 0.717) is 0 Å². The molecule has 0 atom stereocenters. The Morgan fingerprint density at radius 3 is 1.56 bits per heavy atom. The standard InChI is InChI=1S/C49H36N2Se/c1-49(2)45-21-13-12-20-41(45)42-28-24-38(31-46(42)49)51(36-18-10-5-11-19-36)37-23-27-40-33(30-37)22-26-44-43-29-25-39(32-47(43)52-48(40)44)50(34-14-6-3-7-15-34)35-16-8-4-9-17-35/h3-32H,1-2H3. The Labute approximate surface area is 310 Å². The summed E-state index contributed by atoms with van der Waals surface area (Å²) in [4.78, 5) is 4.78. The minimum absolute atomic E-state index is 0.0651. The van der Waals surface area contributed by atoms with E-state index < -0.39 is 0 Å². The van der Waals surface area contributed by atoms with Crippen LogP contribution in [-0.4, -0.2) is 14.5 Å². The second-order valence-corrected chi connectivity index (χ2v) is 16.4. The predicted octanol–water partition coefficient (Wildman–Crippen LogP) is 13.4. The topological polar surface area (TPSA) is 6.48 Å². The van der Waals surface area contributed by atoms with Crippen LogP contribution in [-0.2, 0) is 5.41 Å². The SMILES string of the molecule is CC1(C)c2ccccc2-c2ccc(N(c3ccccc3)c3ccc4c(ccc5c6ccc(N(c7ccccc7)c7ccccc7)cc6[se]c45)c3)cc21. The van der Waals surface area contributed by atoms with Crippen LogP contribution < -0.4 is 9.80 Å². The first kappa shape index (κ1) is 30.9. The van der Waals surface area contributed by atoms with Gasteiger partial charge in [0.05, 0.1) is 0 Å². The molecule has 3 heteroatoms. The summed E-state index contributed by atoms with van der Waals surface area (Å²) >= 11 is 0.181. The van der Waals surface area contributed by atoms with Crippen LogP contribution in [0.4, 0.5) is 34.1 Å². The molecule has 0 bridgehead atoms. The van der Waals surface area contributed by atoms with Crippen molar-refractivity contribution in [3.8, 4) is 11.1 Å². The fourth-order valence-corrected chi connectivity index (χ4v) is 10.9. The van der Waals surface area contributed by atoms with Crippen molar-refractivity contribution in [2.24, 2.45) is 0 Å². The van der Waals surface area contributed by atoms with Crippen LogP contribution in [0.3, 0.4) is 0 Å². The van der Waals surface area contributed by atoms with Gasteiger partial charge in [-0.2, -0.15) is 0 Å². The molecule has 1 aliphatic carbocycles. The van der Waals surface area contributed by atoms with E-state index in [0.717, 1.165) is 17.1 Å². The first-order chi connectivity index (χ1) is 25.5. The second-order valence-electron chi connectivity index (χ2n) is 14.2. The van der Waals surface area contributed by atoms with Crippen LogP contribution in [0.2, 0.25) is 0 Å². The maximum absolute atomic E-state index is 2.42. The zero-order valence-corrected chi connectivity index (χ0v) is 30.8. The van der Waals surface area contributed by atoms with Crippen molar-refractivity contribution in [1.82, 2.24) is 0 Å². The summed E-state index contributed by atoms with van der Waals surface area (Å²) in [6.45, 7) is 4.71. The van der Waals surface area contributed by atoms with Gasteiger partial charge in [-0.1, -0.05) is 12.1 Å². The van der Waals surface area contributed by atoms with Crippen LogP contribution >= 0.6 is 0 Å². The van der Waals surface area contributed by atoms with E-state index in [-0.39, 0.29) is 19.9 Å². The van der Waals surface area contributed by atoms with E-state index in [1.165, 1.54) is 69.4 Å². The van der Waals surface area contributed by atoms with Crippen molar-refractivity contribution in [1.29, 1.82) is 0 Å². The van der Waals surface area contributed by atoms with Gasteiger partial charge in [0.25, 0.3) is 0 Å². The van der Waals surface area contributed by atoms with Gasteiger partial charge in [-0.05, 0) is 0 Å². The van der Waals surface area contributed by atoms with Crippen LogP contribution in [0.15, 0.2) is 182 Å². The number of anilines is 6. The molecule has 0 aliphatic heterocycles. The summed E-state index contributed by atoms with van der Waals surface area (Å²) in [6.07, 6.45) is 0. The molecule has 1 aliphatic rings. The molecule has 2 nitrogen and oxygen atoms in total. The Morgan fingerprint density at radius 1 is 0.385 bits per heavy atom. The first-order valence-corrected chi connectivity index (χ1v) is 19.6. The summed E-state index contributed by atoms with van der Waals surface area (Å²) in [5, 5.41) is 5.35. The summed E-state index contributed by atoms with van der Waals surface area (Å²) < 4.78 is 2.90. The number of hydrogen-bond acceptors (Lipinski definition) is 2. The number of fused-ring (bicyclic) bond motifs is 8. The van der Waals surface area contributed by atoms with Gasteiger partial charge in [-0.15, -0.1) is 0 Å². The third-order valence-corrected chi connectivity index (χ3v) is 13.3. The van der Waals surface area contributed by atoms with Gasteiger partial charge in [0.15, 0.2) is 0 Å². The van der Waals surface area contributed by atoms with Crippen molar-refractivity contribution in [3.05, 3.63) is 193 Å². The molecule has 8 aromatic carbocycles. The van der Waals surface area contributed by atoms with Gasteiger partial charge in [-0.3, -0.25) is 0 Å². The Hall–Kier alpha value is -5.86. The Kier molecular flexibility index (Phi) is 7.21. The Bertz CT molecular complexity index is 2730.